The van der Waals surface area contributed by atoms with E-state index in [4.69, 9.17) is 0 Å². The molecule has 0 aliphatic carbocycles. The van der Waals surface area contributed by atoms with Gasteiger partial charge in [0, 0.05) is 40.3 Å². The first-order chi connectivity index (χ1) is 26.8. The van der Waals surface area contributed by atoms with Crippen LogP contribution in [0.4, 0.5) is 0 Å². The lowest BCUT2D eigenvalue weighted by Crippen LogP contribution is -1.92. The Morgan fingerprint density at radius 2 is 0.852 bits per heavy atom. The predicted molar refractivity (Wildman–Crippen MR) is 239 cm³/mol. The second kappa shape index (κ2) is 11.6. The normalized spacial score (nSPS) is 12.1. The summed E-state index contributed by atoms with van der Waals surface area (Å²) in [6, 6.07) is 67.9. The summed E-state index contributed by atoms with van der Waals surface area (Å²) in [6.45, 7) is 0. The minimum absolute atomic E-state index is 1.23. The summed E-state index contributed by atoms with van der Waals surface area (Å²) in [5, 5.41) is 15.7. The van der Waals surface area contributed by atoms with Crippen molar-refractivity contribution < 1.29 is 0 Å². The molecule has 0 amide bonds. The van der Waals surface area contributed by atoms with Crippen molar-refractivity contribution in [2.24, 2.45) is 0 Å². The molecule has 0 atom stereocenters. The molecule has 0 nitrogen and oxygen atoms in total. The van der Waals surface area contributed by atoms with E-state index in [0.717, 1.165) is 0 Å². The molecule has 2 aromatic heterocycles. The molecule has 0 aliphatic rings. The van der Waals surface area contributed by atoms with Crippen LogP contribution in [0.5, 0.6) is 0 Å². The molecule has 0 N–H and O–H groups in total. The van der Waals surface area contributed by atoms with Crippen molar-refractivity contribution in [3.63, 3.8) is 0 Å². The standard InChI is InChI=1S/C52H30S2/c1-2-15-36-31(11-1)12-10-21-38(36)51-41-19-5-3-17-39(41)50(40-18-4-6-20-42(40)51)35-14-9-13-32(27-35)33-23-25-47-45(28-33)52-43-30-44-37-16-7-8-22-46(37)54-49(44)29-34(43)24-26-48(52)53-47/h1-30H. The minimum Gasteiger partial charge on any atom is -0.135 e. The van der Waals surface area contributed by atoms with E-state index in [1.54, 1.807) is 0 Å². The van der Waals surface area contributed by atoms with Gasteiger partial charge in [-0.05, 0) is 119 Å². The van der Waals surface area contributed by atoms with E-state index in [-0.39, 0.29) is 0 Å². The number of benzene rings is 10. The molecule has 0 fully saturated rings. The predicted octanol–water partition coefficient (Wildman–Crippen LogP) is 16.0. The first kappa shape index (κ1) is 30.2. The maximum Gasteiger partial charge on any atom is 0.0361 e. The molecule has 0 radical (unpaired) electrons. The summed E-state index contributed by atoms with van der Waals surface area (Å²) in [5.41, 5.74) is 7.56. The summed E-state index contributed by atoms with van der Waals surface area (Å²) in [4.78, 5) is 0. The molecule has 54 heavy (non-hydrogen) atoms. The Bertz CT molecular complexity index is 3440. The molecule has 0 saturated carbocycles. The van der Waals surface area contributed by atoms with E-state index in [9.17, 15) is 0 Å². The first-order valence-corrected chi connectivity index (χ1v) is 20.1. The van der Waals surface area contributed by atoms with Gasteiger partial charge in [0.2, 0.25) is 0 Å². The number of hydrogen-bond acceptors (Lipinski definition) is 2. The molecule has 0 aliphatic heterocycles. The van der Waals surface area contributed by atoms with Gasteiger partial charge in [-0.1, -0.05) is 140 Å². The monoisotopic (exact) mass is 718 g/mol. The molecule has 0 bridgehead atoms. The van der Waals surface area contributed by atoms with Crippen molar-refractivity contribution in [2.75, 3.05) is 0 Å². The lowest BCUT2D eigenvalue weighted by Gasteiger charge is -2.19. The molecule has 250 valence electrons. The van der Waals surface area contributed by atoms with E-state index < -0.39 is 0 Å². The summed E-state index contributed by atoms with van der Waals surface area (Å²) < 4.78 is 5.37. The number of rotatable bonds is 3. The molecule has 0 unspecified atom stereocenters. The Kier molecular flexibility index (Phi) is 6.48. The van der Waals surface area contributed by atoms with Gasteiger partial charge in [-0.3, -0.25) is 0 Å². The van der Waals surface area contributed by atoms with Gasteiger partial charge in [-0.15, -0.1) is 22.7 Å². The summed E-state index contributed by atoms with van der Waals surface area (Å²) in [5.74, 6) is 0. The first-order valence-electron chi connectivity index (χ1n) is 18.5. The van der Waals surface area contributed by atoms with Crippen molar-refractivity contribution in [1.82, 2.24) is 0 Å². The third-order valence-electron chi connectivity index (χ3n) is 11.4. The molecular formula is C52H30S2. The maximum atomic E-state index is 2.45. The topological polar surface area (TPSA) is 0 Å². The van der Waals surface area contributed by atoms with E-state index in [2.05, 4.69) is 182 Å². The van der Waals surface area contributed by atoms with Gasteiger partial charge in [0.05, 0.1) is 0 Å². The number of thiophene rings is 2. The summed E-state index contributed by atoms with van der Waals surface area (Å²) >= 11 is 3.79. The van der Waals surface area contributed by atoms with Crippen LogP contribution < -0.4 is 0 Å². The van der Waals surface area contributed by atoms with Gasteiger partial charge in [-0.25, -0.2) is 0 Å². The molecule has 0 saturated heterocycles. The highest BCUT2D eigenvalue weighted by atomic mass is 32.1. The SMILES string of the molecule is c1cc(-c2ccc3sc4ccc5cc6sc7ccccc7c6cc5c4c3c2)cc(-c2c3ccccc3c(-c3cccc4ccccc34)c3ccccc23)c1. The molecular weight excluding hydrogens is 689 g/mol. The van der Waals surface area contributed by atoms with Crippen molar-refractivity contribution >= 4 is 106 Å². The van der Waals surface area contributed by atoms with Crippen LogP contribution in [0.2, 0.25) is 0 Å². The third-order valence-corrected chi connectivity index (χ3v) is 13.7. The zero-order valence-electron chi connectivity index (χ0n) is 29.1. The van der Waals surface area contributed by atoms with Crippen LogP contribution >= 0.6 is 22.7 Å². The third kappa shape index (κ3) is 4.42. The van der Waals surface area contributed by atoms with Crippen LogP contribution in [-0.4, -0.2) is 0 Å². The second-order valence-corrected chi connectivity index (χ2v) is 16.5. The summed E-state index contributed by atoms with van der Waals surface area (Å²) in [6.07, 6.45) is 0. The molecule has 12 rings (SSSR count). The Labute approximate surface area is 319 Å². The smallest absolute Gasteiger partial charge is 0.0361 e. The fraction of sp³-hybridized carbons (Fsp3) is 0. The van der Waals surface area contributed by atoms with Crippen LogP contribution in [0.1, 0.15) is 0 Å². The van der Waals surface area contributed by atoms with Gasteiger partial charge in [0.1, 0.15) is 0 Å². The van der Waals surface area contributed by atoms with Gasteiger partial charge in [-0.2, -0.15) is 0 Å². The largest absolute Gasteiger partial charge is 0.135 e. The average Bonchev–Trinajstić information content (AvgIpc) is 3.79. The summed E-state index contributed by atoms with van der Waals surface area (Å²) in [7, 11) is 0. The maximum absolute atomic E-state index is 2.45. The van der Waals surface area contributed by atoms with E-state index >= 15 is 0 Å². The van der Waals surface area contributed by atoms with Gasteiger partial charge in [0.15, 0.2) is 0 Å². The van der Waals surface area contributed by atoms with E-state index in [0.29, 0.717) is 0 Å². The van der Waals surface area contributed by atoms with Crippen molar-refractivity contribution in [1.29, 1.82) is 0 Å². The molecule has 10 aromatic carbocycles. The average molecular weight is 719 g/mol. The zero-order valence-corrected chi connectivity index (χ0v) is 30.8. The molecule has 12 aromatic rings. The second-order valence-electron chi connectivity index (χ2n) is 14.4. The molecule has 0 spiro atoms. The number of fused-ring (bicyclic) bond motifs is 11. The number of hydrogen-bond donors (Lipinski definition) is 0. The molecule has 2 heterocycles. The van der Waals surface area contributed by atoms with Crippen LogP contribution in [-0.2, 0) is 0 Å². The van der Waals surface area contributed by atoms with Crippen molar-refractivity contribution in [2.45, 2.75) is 0 Å². The van der Waals surface area contributed by atoms with Gasteiger partial charge < -0.3 is 0 Å². The van der Waals surface area contributed by atoms with Crippen LogP contribution in [0.3, 0.4) is 0 Å². The highest BCUT2D eigenvalue weighted by molar-refractivity contribution is 7.26. The van der Waals surface area contributed by atoms with E-state index in [1.807, 2.05) is 22.7 Å². The Morgan fingerprint density at radius 1 is 0.259 bits per heavy atom. The van der Waals surface area contributed by atoms with Gasteiger partial charge in [0.25, 0.3) is 0 Å². The molecule has 2 heteroatoms. The highest BCUT2D eigenvalue weighted by Crippen LogP contribution is 2.47. The fourth-order valence-corrected chi connectivity index (χ4v) is 11.3. The Balaban J connectivity index is 1.07. The van der Waals surface area contributed by atoms with Crippen molar-refractivity contribution in [3.05, 3.63) is 182 Å². The lowest BCUT2D eigenvalue weighted by atomic mass is 9.84. The lowest BCUT2D eigenvalue weighted by molar-refractivity contribution is 1.63. The van der Waals surface area contributed by atoms with E-state index in [1.165, 1.54) is 117 Å². The van der Waals surface area contributed by atoms with Crippen LogP contribution in [0.15, 0.2) is 182 Å². The fourth-order valence-electron chi connectivity index (χ4n) is 9.03. The quantitative estimate of drug-likeness (QED) is 0.160. The van der Waals surface area contributed by atoms with Crippen molar-refractivity contribution in [3.8, 4) is 33.4 Å². The zero-order chi connectivity index (χ0) is 35.3. The Hall–Kier alpha value is -6.32. The van der Waals surface area contributed by atoms with Crippen LogP contribution in [0, 0.1) is 0 Å². The van der Waals surface area contributed by atoms with Crippen LogP contribution in [0.25, 0.3) is 117 Å². The van der Waals surface area contributed by atoms with Gasteiger partial charge >= 0.3 is 0 Å². The minimum atomic E-state index is 1.23. The Morgan fingerprint density at radius 3 is 1.67 bits per heavy atom. The highest BCUT2D eigenvalue weighted by Gasteiger charge is 2.19.